The van der Waals surface area contributed by atoms with Gasteiger partial charge in [0.1, 0.15) is 5.82 Å². The number of nitrogens with one attached hydrogen (secondary N) is 1. The quantitative estimate of drug-likeness (QED) is 0.299. The first-order chi connectivity index (χ1) is 15.3. The molecule has 0 aliphatic carbocycles. The Hall–Kier alpha value is -1.90. The predicted molar refractivity (Wildman–Crippen MR) is 150 cm³/mol. The third-order valence-corrected chi connectivity index (χ3v) is 9.14. The maximum Gasteiger partial charge on any atom is 0.147 e. The molecule has 0 saturated carbocycles. The molecule has 2 atom stereocenters. The highest BCUT2D eigenvalue weighted by Crippen LogP contribution is 2.31. The molecule has 2 aromatic carbocycles. The highest BCUT2D eigenvalue weighted by atomic mass is 35.5. The molecule has 8 heteroatoms. The van der Waals surface area contributed by atoms with Crippen LogP contribution >= 0.6 is 22.9 Å². The second-order valence-corrected chi connectivity index (χ2v) is 12.8. The fraction of sp³-hybridized carbons (Fsp3) is 0.346. The van der Waals surface area contributed by atoms with Crippen molar-refractivity contribution in [3.63, 3.8) is 0 Å². The van der Waals surface area contributed by atoms with E-state index in [1.165, 1.54) is 17.4 Å². The van der Waals surface area contributed by atoms with E-state index in [4.69, 9.17) is 17.3 Å². The summed E-state index contributed by atoms with van der Waals surface area (Å²) in [6.07, 6.45) is 0.611. The largest absolute Gasteiger partial charge is 0.344 e. The molecule has 3 aromatic rings. The lowest BCUT2D eigenvalue weighted by Crippen LogP contribution is -2.35. The topological polar surface area (TPSA) is 58.4 Å². The molecule has 34 heavy (non-hydrogen) atoms. The first kappa shape index (κ1) is 28.3. The van der Waals surface area contributed by atoms with Crippen molar-refractivity contribution in [1.29, 1.82) is 0 Å². The summed E-state index contributed by atoms with van der Waals surface area (Å²) in [5.74, 6) is 3.61. The van der Waals surface area contributed by atoms with Crippen LogP contribution in [-0.4, -0.2) is 22.7 Å². The molecule has 0 bridgehead atoms. The fourth-order valence-electron chi connectivity index (χ4n) is 3.55. The van der Waals surface area contributed by atoms with Crippen LogP contribution in [0.2, 0.25) is 5.02 Å². The van der Waals surface area contributed by atoms with Crippen molar-refractivity contribution in [2.24, 2.45) is 5.73 Å². The fourth-order valence-corrected chi connectivity index (χ4v) is 6.77. The second kappa shape index (κ2) is 10.8. The molecule has 4 nitrogen and oxygen atoms in total. The SMILES string of the molecule is C.C=C(C)N(CCC(C)NS(=C)(=O)c1cc2ccc(Cl)cc2s1)c1ccc(C(C)(C)N)cc1F. The summed E-state index contributed by atoms with van der Waals surface area (Å²) < 4.78 is 33.1. The highest BCUT2D eigenvalue weighted by Gasteiger charge is 2.20. The minimum atomic E-state index is -2.70. The van der Waals surface area contributed by atoms with Gasteiger partial charge >= 0.3 is 0 Å². The number of allylic oxidation sites excluding steroid dienone is 1. The first-order valence-corrected chi connectivity index (χ1v) is 13.6. The minimum Gasteiger partial charge on any atom is -0.344 e. The molecule has 0 saturated heterocycles. The van der Waals surface area contributed by atoms with E-state index in [2.05, 4.69) is 17.2 Å². The molecule has 0 aliphatic rings. The normalized spacial score (nSPS) is 14.3. The molecule has 0 fully saturated rings. The number of hydrogen-bond donors (Lipinski definition) is 2. The van der Waals surface area contributed by atoms with Crippen molar-refractivity contribution >= 4 is 54.3 Å². The van der Waals surface area contributed by atoms with Gasteiger partial charge in [0.05, 0.1) is 19.6 Å². The van der Waals surface area contributed by atoms with Gasteiger partial charge in [0, 0.05) is 33.5 Å². The summed E-state index contributed by atoms with van der Waals surface area (Å²) >= 11 is 7.50. The van der Waals surface area contributed by atoms with E-state index in [0.29, 0.717) is 27.9 Å². The maximum atomic E-state index is 14.9. The number of fused-ring (bicyclic) bond motifs is 1. The summed E-state index contributed by atoms with van der Waals surface area (Å²) in [7, 11) is -2.70. The third-order valence-electron chi connectivity index (χ3n) is 5.41. The molecule has 2 unspecified atom stereocenters. The number of rotatable bonds is 9. The van der Waals surface area contributed by atoms with Crippen LogP contribution in [0, 0.1) is 5.82 Å². The van der Waals surface area contributed by atoms with E-state index in [1.807, 2.05) is 62.9 Å². The van der Waals surface area contributed by atoms with Gasteiger partial charge in [0.25, 0.3) is 0 Å². The summed E-state index contributed by atoms with van der Waals surface area (Å²) in [6.45, 7) is 12.0. The Labute approximate surface area is 212 Å². The van der Waals surface area contributed by atoms with Crippen molar-refractivity contribution < 1.29 is 8.60 Å². The highest BCUT2D eigenvalue weighted by molar-refractivity contribution is 8.00. The molecular formula is C26H35ClFN3OS2. The van der Waals surface area contributed by atoms with Crippen LogP contribution in [0.5, 0.6) is 0 Å². The molecule has 0 spiro atoms. The van der Waals surface area contributed by atoms with Crippen LogP contribution in [0.15, 0.2) is 58.9 Å². The number of anilines is 1. The molecule has 3 rings (SSSR count). The third kappa shape index (κ3) is 6.61. The number of nitrogens with zero attached hydrogens (tertiary/aromatic N) is 1. The monoisotopic (exact) mass is 523 g/mol. The molecule has 1 aromatic heterocycles. The van der Waals surface area contributed by atoms with Gasteiger partial charge in [-0.2, -0.15) is 0 Å². The van der Waals surface area contributed by atoms with Crippen LogP contribution in [-0.2, 0) is 15.2 Å². The van der Waals surface area contributed by atoms with Crippen LogP contribution in [0.25, 0.3) is 10.1 Å². The Morgan fingerprint density at radius 1 is 1.29 bits per heavy atom. The Bertz CT molecular complexity index is 1280. The van der Waals surface area contributed by atoms with Crippen molar-refractivity contribution in [3.05, 3.63) is 71.1 Å². The average Bonchev–Trinajstić information content (AvgIpc) is 3.12. The van der Waals surface area contributed by atoms with Gasteiger partial charge in [0.2, 0.25) is 0 Å². The summed E-state index contributed by atoms with van der Waals surface area (Å²) in [5, 5.41) is 1.63. The Morgan fingerprint density at radius 2 is 1.97 bits per heavy atom. The number of hydrogen-bond acceptors (Lipinski definition) is 4. The second-order valence-electron chi connectivity index (χ2n) is 9.01. The Kier molecular flexibility index (Phi) is 8.99. The van der Waals surface area contributed by atoms with E-state index >= 15 is 0 Å². The number of halogens is 2. The molecular weight excluding hydrogens is 489 g/mol. The van der Waals surface area contributed by atoms with Gasteiger partial charge < -0.3 is 10.6 Å². The number of benzene rings is 2. The van der Waals surface area contributed by atoms with Gasteiger partial charge in [0.15, 0.2) is 0 Å². The van der Waals surface area contributed by atoms with Crippen LogP contribution in [0.3, 0.4) is 0 Å². The van der Waals surface area contributed by atoms with Crippen molar-refractivity contribution in [2.45, 2.75) is 57.3 Å². The zero-order valence-electron chi connectivity index (χ0n) is 19.5. The summed E-state index contributed by atoms with van der Waals surface area (Å²) in [4.78, 5) is 1.83. The lowest BCUT2D eigenvalue weighted by Gasteiger charge is -2.28. The van der Waals surface area contributed by atoms with E-state index in [9.17, 15) is 8.60 Å². The summed E-state index contributed by atoms with van der Waals surface area (Å²) in [5.41, 5.74) is 7.36. The van der Waals surface area contributed by atoms with Gasteiger partial charge in [-0.1, -0.05) is 37.7 Å². The van der Waals surface area contributed by atoms with Crippen LogP contribution < -0.4 is 15.4 Å². The summed E-state index contributed by atoms with van der Waals surface area (Å²) in [6, 6.07) is 12.4. The van der Waals surface area contributed by atoms with Crippen molar-refractivity contribution in [3.8, 4) is 0 Å². The smallest absolute Gasteiger partial charge is 0.147 e. The van der Waals surface area contributed by atoms with Crippen molar-refractivity contribution in [2.75, 3.05) is 11.4 Å². The lowest BCUT2D eigenvalue weighted by molar-refractivity contribution is 0.542. The zero-order chi connectivity index (χ0) is 24.6. The van der Waals surface area contributed by atoms with E-state index in [-0.39, 0.29) is 19.3 Å². The number of thiophene rings is 1. The number of nitrogens with two attached hydrogens (primary N) is 1. The van der Waals surface area contributed by atoms with Gasteiger partial charge in [-0.3, -0.25) is 0 Å². The standard InChI is InChI=1S/C25H31ClFN3OS2.CH4/c1-16(2)30(22-10-8-19(14-21(22)27)25(4,5)28)12-11-17(3)29-33(6,31)24-13-18-7-9-20(26)15-23(18)32-24;/h7-10,13-15,17H,1,6,11-12,28H2,2-5H3,(H,29,31);1H4. The van der Waals surface area contributed by atoms with E-state index < -0.39 is 15.2 Å². The predicted octanol–water partition coefficient (Wildman–Crippen LogP) is 6.92. The van der Waals surface area contributed by atoms with Gasteiger partial charge in [-0.05, 0) is 81.3 Å². The average molecular weight is 524 g/mol. The van der Waals surface area contributed by atoms with Gasteiger partial charge in [-0.25, -0.2) is 13.3 Å². The van der Waals surface area contributed by atoms with Gasteiger partial charge in [-0.15, -0.1) is 11.3 Å². The Balaban J connectivity index is 0.00000408. The maximum absolute atomic E-state index is 14.9. The molecule has 0 radical (unpaired) electrons. The Morgan fingerprint density at radius 3 is 2.56 bits per heavy atom. The van der Waals surface area contributed by atoms with Crippen LogP contribution in [0.4, 0.5) is 10.1 Å². The lowest BCUT2D eigenvalue weighted by atomic mass is 9.95. The molecule has 186 valence electrons. The van der Waals surface area contributed by atoms with Crippen molar-refractivity contribution in [1.82, 2.24) is 4.72 Å². The zero-order valence-corrected chi connectivity index (χ0v) is 21.8. The molecule has 1 heterocycles. The van der Waals surface area contributed by atoms with E-state index in [1.54, 1.807) is 6.07 Å². The molecule has 3 N–H and O–H groups in total. The van der Waals surface area contributed by atoms with E-state index in [0.717, 1.165) is 21.3 Å². The minimum absolute atomic E-state index is 0. The molecule has 0 aliphatic heterocycles. The first-order valence-electron chi connectivity index (χ1n) is 10.6. The van der Waals surface area contributed by atoms with Crippen LogP contribution in [0.1, 0.15) is 47.1 Å². The molecule has 0 amide bonds.